The van der Waals surface area contributed by atoms with Gasteiger partial charge in [0.15, 0.2) is 6.61 Å². The molecule has 0 aliphatic rings. The Morgan fingerprint density at radius 3 is 2.61 bits per heavy atom. The van der Waals surface area contributed by atoms with E-state index >= 15 is 0 Å². The Kier molecular flexibility index (Phi) is 8.48. The predicted molar refractivity (Wildman–Crippen MR) is 104 cm³/mol. The molecule has 0 radical (unpaired) electrons. The Labute approximate surface area is 167 Å². The van der Waals surface area contributed by atoms with Crippen LogP contribution in [0.4, 0.5) is 0 Å². The first-order chi connectivity index (χ1) is 13.5. The molecule has 0 atom stereocenters. The number of benzene rings is 1. The van der Waals surface area contributed by atoms with E-state index < -0.39 is 18.5 Å². The first kappa shape index (κ1) is 21.4. The van der Waals surface area contributed by atoms with Gasteiger partial charge in [0, 0.05) is 24.1 Å². The molecule has 0 aliphatic carbocycles. The van der Waals surface area contributed by atoms with Crippen LogP contribution in [0, 0.1) is 6.92 Å². The summed E-state index contributed by atoms with van der Waals surface area (Å²) in [6.07, 6.45) is 2.26. The van der Waals surface area contributed by atoms with Gasteiger partial charge in [-0.25, -0.2) is 9.78 Å². The van der Waals surface area contributed by atoms with Gasteiger partial charge in [-0.1, -0.05) is 29.5 Å². The lowest BCUT2D eigenvalue weighted by atomic mass is 10.2. The van der Waals surface area contributed by atoms with Gasteiger partial charge in [0.25, 0.3) is 5.91 Å². The van der Waals surface area contributed by atoms with Crippen LogP contribution in [0.3, 0.4) is 0 Å². The molecule has 1 aromatic carbocycles. The number of ether oxygens (including phenoxy) is 2. The highest BCUT2D eigenvalue weighted by Gasteiger charge is 2.16. The average Bonchev–Trinajstić information content (AvgIpc) is 2.71. The number of esters is 2. The zero-order valence-corrected chi connectivity index (χ0v) is 16.6. The SMILES string of the molecule is COC(=O)CCCNC(=O)COC(=O)c1cccnc1Sc1ccc(C)cc1. The molecule has 7 nitrogen and oxygen atoms in total. The first-order valence-electron chi connectivity index (χ1n) is 8.69. The van der Waals surface area contributed by atoms with Crippen LogP contribution in [0.25, 0.3) is 0 Å². The Hall–Kier alpha value is -2.87. The number of rotatable bonds is 9. The number of aryl methyl sites for hydroxylation is 1. The summed E-state index contributed by atoms with van der Waals surface area (Å²) in [4.78, 5) is 40.3. The second-order valence-corrected chi connectivity index (χ2v) is 6.94. The van der Waals surface area contributed by atoms with Crippen LogP contribution in [0.2, 0.25) is 0 Å². The van der Waals surface area contributed by atoms with E-state index in [9.17, 15) is 14.4 Å². The summed E-state index contributed by atoms with van der Waals surface area (Å²) in [5, 5.41) is 3.09. The molecular formula is C20H22N2O5S. The second kappa shape index (κ2) is 11.1. The van der Waals surface area contributed by atoms with Gasteiger partial charge in [0.05, 0.1) is 12.7 Å². The molecule has 0 bridgehead atoms. The summed E-state index contributed by atoms with van der Waals surface area (Å²) in [6, 6.07) is 11.1. The molecule has 0 saturated heterocycles. The van der Waals surface area contributed by atoms with Crippen LogP contribution in [0.1, 0.15) is 28.8 Å². The highest BCUT2D eigenvalue weighted by molar-refractivity contribution is 7.99. The van der Waals surface area contributed by atoms with E-state index in [0.717, 1.165) is 10.5 Å². The number of carbonyl (C=O) groups excluding carboxylic acids is 3. The molecular weight excluding hydrogens is 380 g/mol. The summed E-state index contributed by atoms with van der Waals surface area (Å²) in [5.74, 6) is -1.39. The number of hydrogen-bond donors (Lipinski definition) is 1. The zero-order valence-electron chi connectivity index (χ0n) is 15.8. The third-order valence-electron chi connectivity index (χ3n) is 3.67. The summed E-state index contributed by atoms with van der Waals surface area (Å²) >= 11 is 1.35. The van der Waals surface area contributed by atoms with E-state index in [-0.39, 0.29) is 12.4 Å². The van der Waals surface area contributed by atoms with Crippen molar-refractivity contribution in [1.29, 1.82) is 0 Å². The molecule has 1 aromatic heterocycles. The van der Waals surface area contributed by atoms with Crippen molar-refractivity contribution in [2.24, 2.45) is 0 Å². The average molecular weight is 402 g/mol. The number of methoxy groups -OCH3 is 1. The summed E-state index contributed by atoms with van der Waals surface area (Å²) in [7, 11) is 1.31. The van der Waals surface area contributed by atoms with E-state index in [2.05, 4.69) is 15.0 Å². The summed E-state index contributed by atoms with van der Waals surface area (Å²) in [5.41, 5.74) is 1.44. The second-order valence-electron chi connectivity index (χ2n) is 5.88. The lowest BCUT2D eigenvalue weighted by Gasteiger charge is -2.09. The van der Waals surface area contributed by atoms with Crippen LogP contribution in [0.5, 0.6) is 0 Å². The van der Waals surface area contributed by atoms with Crippen molar-refractivity contribution in [3.63, 3.8) is 0 Å². The third-order valence-corrected chi connectivity index (χ3v) is 4.69. The zero-order chi connectivity index (χ0) is 20.4. The van der Waals surface area contributed by atoms with Gasteiger partial charge in [0.1, 0.15) is 5.03 Å². The van der Waals surface area contributed by atoms with Crippen molar-refractivity contribution in [2.45, 2.75) is 29.7 Å². The normalized spacial score (nSPS) is 10.2. The van der Waals surface area contributed by atoms with E-state index in [4.69, 9.17) is 4.74 Å². The molecule has 0 fully saturated rings. The molecule has 0 unspecified atom stereocenters. The summed E-state index contributed by atoms with van der Waals surface area (Å²) in [6.45, 7) is 1.89. The summed E-state index contributed by atoms with van der Waals surface area (Å²) < 4.78 is 9.61. The van der Waals surface area contributed by atoms with Crippen LogP contribution < -0.4 is 5.32 Å². The maximum absolute atomic E-state index is 12.4. The molecule has 1 amide bonds. The van der Waals surface area contributed by atoms with Gasteiger partial charge in [-0.15, -0.1) is 0 Å². The standard InChI is InChI=1S/C20H22N2O5S/c1-14-7-9-15(10-8-14)28-19-16(5-3-12-22-19)20(25)27-13-17(23)21-11-4-6-18(24)26-2/h3,5,7-10,12H,4,6,11,13H2,1-2H3,(H,21,23). The van der Waals surface area contributed by atoms with E-state index in [1.165, 1.54) is 18.9 Å². The molecule has 0 saturated carbocycles. The molecule has 28 heavy (non-hydrogen) atoms. The minimum Gasteiger partial charge on any atom is -0.469 e. The van der Waals surface area contributed by atoms with Crippen molar-refractivity contribution in [1.82, 2.24) is 10.3 Å². The van der Waals surface area contributed by atoms with Crippen LogP contribution in [-0.2, 0) is 19.1 Å². The minimum atomic E-state index is -0.618. The molecule has 0 spiro atoms. The number of pyridine rings is 1. The van der Waals surface area contributed by atoms with Crippen LogP contribution >= 0.6 is 11.8 Å². The Morgan fingerprint density at radius 2 is 1.89 bits per heavy atom. The Morgan fingerprint density at radius 1 is 1.14 bits per heavy atom. The molecule has 148 valence electrons. The van der Waals surface area contributed by atoms with Crippen molar-refractivity contribution < 1.29 is 23.9 Å². The van der Waals surface area contributed by atoms with E-state index in [0.29, 0.717) is 23.6 Å². The highest BCUT2D eigenvalue weighted by Crippen LogP contribution is 2.29. The number of nitrogens with one attached hydrogen (secondary N) is 1. The fraction of sp³-hybridized carbons (Fsp3) is 0.300. The number of carbonyl (C=O) groups is 3. The van der Waals surface area contributed by atoms with Gasteiger partial charge in [-0.05, 0) is 37.6 Å². The van der Waals surface area contributed by atoms with Gasteiger partial charge < -0.3 is 14.8 Å². The molecule has 1 heterocycles. The van der Waals surface area contributed by atoms with Gasteiger partial charge >= 0.3 is 11.9 Å². The fourth-order valence-corrected chi connectivity index (χ4v) is 3.04. The lowest BCUT2D eigenvalue weighted by molar-refractivity contribution is -0.140. The van der Waals surface area contributed by atoms with E-state index in [1.54, 1.807) is 18.3 Å². The van der Waals surface area contributed by atoms with Crippen LogP contribution in [-0.4, -0.2) is 43.1 Å². The molecule has 2 rings (SSSR count). The van der Waals surface area contributed by atoms with Crippen molar-refractivity contribution in [3.05, 3.63) is 53.7 Å². The fourth-order valence-electron chi connectivity index (χ4n) is 2.17. The van der Waals surface area contributed by atoms with Gasteiger partial charge in [-0.3, -0.25) is 9.59 Å². The van der Waals surface area contributed by atoms with Crippen molar-refractivity contribution in [2.75, 3.05) is 20.3 Å². The predicted octanol–water partition coefficient (Wildman–Crippen LogP) is 2.77. The highest BCUT2D eigenvalue weighted by atomic mass is 32.2. The molecule has 8 heteroatoms. The minimum absolute atomic E-state index is 0.214. The molecule has 1 N–H and O–H groups in total. The monoisotopic (exact) mass is 402 g/mol. The van der Waals surface area contributed by atoms with Crippen LogP contribution in [0.15, 0.2) is 52.5 Å². The molecule has 2 aromatic rings. The Balaban J connectivity index is 1.86. The van der Waals surface area contributed by atoms with Gasteiger partial charge in [-0.2, -0.15) is 0 Å². The quantitative estimate of drug-likeness (QED) is 0.509. The maximum Gasteiger partial charge on any atom is 0.341 e. The van der Waals surface area contributed by atoms with E-state index in [1.807, 2.05) is 31.2 Å². The van der Waals surface area contributed by atoms with Crippen molar-refractivity contribution in [3.8, 4) is 0 Å². The lowest BCUT2D eigenvalue weighted by Crippen LogP contribution is -2.30. The smallest absolute Gasteiger partial charge is 0.341 e. The largest absolute Gasteiger partial charge is 0.469 e. The maximum atomic E-state index is 12.4. The topological polar surface area (TPSA) is 94.6 Å². The molecule has 0 aliphatic heterocycles. The number of nitrogens with zero attached hydrogens (tertiary/aromatic N) is 1. The first-order valence-corrected chi connectivity index (χ1v) is 9.51. The number of hydrogen-bond acceptors (Lipinski definition) is 7. The number of aromatic nitrogens is 1. The van der Waals surface area contributed by atoms with Crippen molar-refractivity contribution >= 4 is 29.6 Å². The third kappa shape index (κ3) is 7.03. The number of amides is 1. The Bertz CT molecular complexity index is 824. The van der Waals surface area contributed by atoms with Gasteiger partial charge in [0.2, 0.25) is 0 Å².